The van der Waals surface area contributed by atoms with Gasteiger partial charge < -0.3 is 9.88 Å². The van der Waals surface area contributed by atoms with Gasteiger partial charge in [0, 0.05) is 47.0 Å². The number of nitrogens with one attached hydrogen (secondary N) is 1. The van der Waals surface area contributed by atoms with E-state index in [1.165, 1.54) is 25.0 Å². The number of rotatable bonds is 4. The Balaban J connectivity index is 1.45. The van der Waals surface area contributed by atoms with Crippen LogP contribution in [0.15, 0.2) is 24.5 Å². The second-order valence-electron chi connectivity index (χ2n) is 9.21. The highest BCUT2D eigenvalue weighted by molar-refractivity contribution is 5.84. The third-order valence-corrected chi connectivity index (χ3v) is 6.92. The normalized spacial score (nSPS) is 19.4. The van der Waals surface area contributed by atoms with E-state index in [0.717, 1.165) is 38.2 Å². The molecule has 1 saturated carbocycles. The van der Waals surface area contributed by atoms with E-state index in [1.54, 1.807) is 12.3 Å². The maximum atomic E-state index is 13.3. The zero-order chi connectivity index (χ0) is 21.8. The molecule has 1 aliphatic heterocycles. The molecule has 0 unspecified atom stereocenters. The number of halogens is 3. The van der Waals surface area contributed by atoms with Gasteiger partial charge in [-0.15, -0.1) is 0 Å². The summed E-state index contributed by atoms with van der Waals surface area (Å²) in [7, 11) is 0. The van der Waals surface area contributed by atoms with Crippen molar-refractivity contribution in [3.05, 3.63) is 35.8 Å². The summed E-state index contributed by atoms with van der Waals surface area (Å²) in [4.78, 5) is 9.47. The molecule has 5 rings (SSSR count). The maximum absolute atomic E-state index is 13.3. The van der Waals surface area contributed by atoms with E-state index >= 15 is 0 Å². The number of hydrogen-bond acceptors (Lipinski definition) is 3. The summed E-state index contributed by atoms with van der Waals surface area (Å²) in [5, 5.41) is 4.87. The Morgan fingerprint density at radius 1 is 1.10 bits per heavy atom. The minimum atomic E-state index is -4.42. The van der Waals surface area contributed by atoms with Crippen LogP contribution in [0.2, 0.25) is 0 Å². The number of likely N-dealkylation sites (tertiary alicyclic amines) is 1. The van der Waals surface area contributed by atoms with Crippen molar-refractivity contribution in [2.45, 2.75) is 70.1 Å². The molecule has 0 amide bonds. The van der Waals surface area contributed by atoms with Gasteiger partial charge >= 0.3 is 6.18 Å². The lowest BCUT2D eigenvalue weighted by molar-refractivity contribution is -0.136. The van der Waals surface area contributed by atoms with Crippen molar-refractivity contribution < 1.29 is 13.2 Å². The van der Waals surface area contributed by atoms with E-state index in [9.17, 15) is 13.2 Å². The number of aromatic amines is 1. The highest BCUT2D eigenvalue weighted by atomic mass is 19.4. The monoisotopic (exact) mass is 431 g/mol. The van der Waals surface area contributed by atoms with E-state index in [-0.39, 0.29) is 17.1 Å². The lowest BCUT2D eigenvalue weighted by Crippen LogP contribution is -2.44. The molecule has 0 bridgehead atoms. The van der Waals surface area contributed by atoms with Crippen molar-refractivity contribution in [1.29, 1.82) is 0 Å². The molecule has 1 aliphatic carbocycles. The molecule has 4 heterocycles. The minimum absolute atomic E-state index is 0.0828. The van der Waals surface area contributed by atoms with E-state index in [0.29, 0.717) is 17.2 Å². The van der Waals surface area contributed by atoms with Crippen molar-refractivity contribution in [2.24, 2.45) is 0 Å². The first-order valence-corrected chi connectivity index (χ1v) is 11.2. The smallest absolute Gasteiger partial charge is 0.346 e. The van der Waals surface area contributed by atoms with E-state index in [2.05, 4.69) is 34.8 Å². The van der Waals surface area contributed by atoms with Gasteiger partial charge in [0.25, 0.3) is 0 Å². The van der Waals surface area contributed by atoms with Crippen LogP contribution in [0.25, 0.3) is 22.3 Å². The Morgan fingerprint density at radius 2 is 1.84 bits per heavy atom. The second kappa shape index (κ2) is 7.65. The highest BCUT2D eigenvalue weighted by Crippen LogP contribution is 2.38. The van der Waals surface area contributed by atoms with Crippen molar-refractivity contribution in [3.63, 3.8) is 0 Å². The summed E-state index contributed by atoms with van der Waals surface area (Å²) in [5.74, 6) is 0.426. The van der Waals surface area contributed by atoms with Gasteiger partial charge in [0.15, 0.2) is 0 Å². The minimum Gasteiger partial charge on any atom is -0.346 e. The first-order valence-electron chi connectivity index (χ1n) is 11.2. The molecule has 2 aliphatic rings. The lowest BCUT2D eigenvalue weighted by atomic mass is 9.86. The molecular formula is C23H28F3N5. The molecule has 1 N–H and O–H groups in total. The number of piperidine rings is 1. The summed E-state index contributed by atoms with van der Waals surface area (Å²) < 4.78 is 42.1. The summed E-state index contributed by atoms with van der Waals surface area (Å²) in [5.41, 5.74) is 2.04. The number of H-pyrrole nitrogens is 1. The third kappa shape index (κ3) is 3.75. The SMILES string of the molecule is CC(C)n1nc(-c2cnc3[nH]cc(C(F)(F)F)c3c2)cc1C1CCN(C2CCC2)CC1. The Kier molecular flexibility index (Phi) is 5.07. The van der Waals surface area contributed by atoms with Gasteiger partial charge in [0.05, 0.1) is 11.3 Å². The van der Waals surface area contributed by atoms with Gasteiger partial charge in [-0.2, -0.15) is 18.3 Å². The standard InChI is InChI=1S/C23H28F3N5/c1-14(2)31-21(15-6-8-30(9-7-15)17-4-3-5-17)11-20(29-31)16-10-18-19(23(24,25)26)13-28-22(18)27-12-16/h10-15,17H,3-9H2,1-2H3,(H,27,28). The first-order chi connectivity index (χ1) is 14.8. The Bertz CT molecular complexity index is 1070. The van der Waals surface area contributed by atoms with Crippen LogP contribution in [0.4, 0.5) is 13.2 Å². The molecule has 2 fully saturated rings. The Labute approximate surface area is 179 Å². The number of aromatic nitrogens is 4. The number of fused-ring (bicyclic) bond motifs is 1. The molecule has 1 saturated heterocycles. The fourth-order valence-electron chi connectivity index (χ4n) is 4.96. The summed E-state index contributed by atoms with van der Waals surface area (Å²) in [6, 6.07) is 4.57. The van der Waals surface area contributed by atoms with Gasteiger partial charge in [-0.05, 0) is 64.8 Å². The van der Waals surface area contributed by atoms with Crippen molar-refractivity contribution >= 4 is 11.0 Å². The average Bonchev–Trinajstić information content (AvgIpc) is 3.31. The molecular weight excluding hydrogens is 403 g/mol. The first kappa shape index (κ1) is 20.5. The predicted molar refractivity (Wildman–Crippen MR) is 114 cm³/mol. The maximum Gasteiger partial charge on any atom is 0.418 e. The molecule has 0 aromatic carbocycles. The zero-order valence-electron chi connectivity index (χ0n) is 17.9. The van der Waals surface area contributed by atoms with E-state index in [1.807, 2.05) is 4.68 Å². The molecule has 31 heavy (non-hydrogen) atoms. The van der Waals surface area contributed by atoms with E-state index in [4.69, 9.17) is 5.10 Å². The summed E-state index contributed by atoms with van der Waals surface area (Å²) in [6.45, 7) is 6.41. The van der Waals surface area contributed by atoms with Crippen LogP contribution in [0.1, 0.15) is 69.2 Å². The molecule has 3 aromatic rings. The van der Waals surface area contributed by atoms with Crippen LogP contribution in [0.5, 0.6) is 0 Å². The number of hydrogen-bond donors (Lipinski definition) is 1. The van der Waals surface area contributed by atoms with E-state index < -0.39 is 11.7 Å². The number of nitrogens with zero attached hydrogens (tertiary/aromatic N) is 4. The number of pyridine rings is 1. The van der Waals surface area contributed by atoms with Crippen LogP contribution >= 0.6 is 0 Å². The fourth-order valence-corrected chi connectivity index (χ4v) is 4.96. The quantitative estimate of drug-likeness (QED) is 0.572. The van der Waals surface area contributed by atoms with Crippen LogP contribution < -0.4 is 0 Å². The molecule has 8 heteroatoms. The molecule has 0 radical (unpaired) electrons. The van der Waals surface area contributed by atoms with Crippen LogP contribution in [0.3, 0.4) is 0 Å². The second-order valence-corrected chi connectivity index (χ2v) is 9.21. The highest BCUT2D eigenvalue weighted by Gasteiger charge is 2.34. The molecule has 5 nitrogen and oxygen atoms in total. The lowest BCUT2D eigenvalue weighted by Gasteiger charge is -2.41. The largest absolute Gasteiger partial charge is 0.418 e. The fraction of sp³-hybridized carbons (Fsp3) is 0.565. The topological polar surface area (TPSA) is 49.7 Å². The Hall–Kier alpha value is -2.35. The van der Waals surface area contributed by atoms with Gasteiger partial charge in [-0.1, -0.05) is 6.42 Å². The summed E-state index contributed by atoms with van der Waals surface area (Å²) >= 11 is 0. The Morgan fingerprint density at radius 3 is 2.45 bits per heavy atom. The van der Waals surface area contributed by atoms with Crippen molar-refractivity contribution in [2.75, 3.05) is 13.1 Å². The molecule has 166 valence electrons. The van der Waals surface area contributed by atoms with Gasteiger partial charge in [-0.3, -0.25) is 4.68 Å². The predicted octanol–water partition coefficient (Wildman–Crippen LogP) is 5.76. The zero-order valence-corrected chi connectivity index (χ0v) is 17.9. The molecule has 0 spiro atoms. The van der Waals surface area contributed by atoms with Crippen molar-refractivity contribution in [3.8, 4) is 11.3 Å². The van der Waals surface area contributed by atoms with Gasteiger partial charge in [0.2, 0.25) is 0 Å². The third-order valence-electron chi connectivity index (χ3n) is 6.92. The van der Waals surface area contributed by atoms with Gasteiger partial charge in [-0.25, -0.2) is 4.98 Å². The average molecular weight is 432 g/mol. The van der Waals surface area contributed by atoms with Gasteiger partial charge in [0.1, 0.15) is 5.65 Å². The molecule has 3 aromatic heterocycles. The van der Waals surface area contributed by atoms with Crippen LogP contribution in [0, 0.1) is 0 Å². The van der Waals surface area contributed by atoms with Crippen molar-refractivity contribution in [1.82, 2.24) is 24.6 Å². The number of alkyl halides is 3. The summed E-state index contributed by atoms with van der Waals surface area (Å²) in [6.07, 6.45) is 4.37. The molecule has 0 atom stereocenters. The van der Waals surface area contributed by atoms with Crippen LogP contribution in [-0.2, 0) is 6.18 Å². The van der Waals surface area contributed by atoms with Crippen LogP contribution in [-0.4, -0.2) is 43.8 Å².